The van der Waals surface area contributed by atoms with E-state index in [4.69, 9.17) is 0 Å². The Labute approximate surface area is 165 Å². The van der Waals surface area contributed by atoms with Gasteiger partial charge in [0.15, 0.2) is 0 Å². The van der Waals surface area contributed by atoms with Gasteiger partial charge in [0, 0.05) is 13.1 Å². The lowest BCUT2D eigenvalue weighted by atomic mass is 9.96. The van der Waals surface area contributed by atoms with Gasteiger partial charge in [-0.3, -0.25) is 9.69 Å². The number of likely N-dealkylation sites (tertiary alicyclic amines) is 1. The number of amides is 1. The van der Waals surface area contributed by atoms with Crippen molar-refractivity contribution in [2.45, 2.75) is 32.7 Å². The quantitative estimate of drug-likeness (QED) is 0.776. The third kappa shape index (κ3) is 6.45. The molecule has 0 spiro atoms. The Hall–Kier alpha value is -0.810. The van der Waals surface area contributed by atoms with Gasteiger partial charge >= 0.3 is 0 Å². The average molecular weight is 390 g/mol. The molecule has 2 unspecified atom stereocenters. The van der Waals surface area contributed by atoms with Crippen molar-refractivity contribution in [2.75, 3.05) is 39.8 Å². The summed E-state index contributed by atoms with van der Waals surface area (Å²) in [5, 5.41) is 3.25. The molecule has 2 rings (SSSR count). The maximum Gasteiger partial charge on any atom is 0.244 e. The van der Waals surface area contributed by atoms with Crippen LogP contribution in [0.5, 0.6) is 0 Å². The van der Waals surface area contributed by atoms with Crippen molar-refractivity contribution in [2.24, 2.45) is 5.92 Å². The van der Waals surface area contributed by atoms with E-state index in [1.54, 1.807) is 0 Å². The summed E-state index contributed by atoms with van der Waals surface area (Å²) in [5.74, 6) is 0.839. The first-order chi connectivity index (χ1) is 11.2. The second-order valence-electron chi connectivity index (χ2n) is 6.38. The Morgan fingerprint density at radius 3 is 2.44 bits per heavy atom. The molecular weight excluding hydrogens is 357 g/mol. The molecule has 144 valence electrons. The number of nitrogens with one attached hydrogen (secondary N) is 1. The molecule has 2 atom stereocenters. The molecule has 1 aliphatic heterocycles. The second kappa shape index (κ2) is 12.5. The molecule has 1 fully saturated rings. The van der Waals surface area contributed by atoms with Gasteiger partial charge in [-0.05, 0) is 51.0 Å². The van der Waals surface area contributed by atoms with Crippen molar-refractivity contribution in [1.29, 1.82) is 0 Å². The van der Waals surface area contributed by atoms with Gasteiger partial charge in [0.2, 0.25) is 5.91 Å². The van der Waals surface area contributed by atoms with E-state index in [9.17, 15) is 4.79 Å². The SMILES string of the molecule is CCN(CC)C(C(=O)N1CCCC(CNC)C1)c1ccccc1.Cl.Cl. The second-order valence-corrected chi connectivity index (χ2v) is 6.38. The van der Waals surface area contributed by atoms with Crippen LogP contribution in [-0.2, 0) is 4.79 Å². The Kier molecular flexibility index (Phi) is 12.1. The molecule has 0 saturated carbocycles. The number of halogens is 2. The average Bonchev–Trinajstić information content (AvgIpc) is 2.60. The lowest BCUT2D eigenvalue weighted by Crippen LogP contribution is -2.48. The van der Waals surface area contributed by atoms with Crippen LogP contribution in [-0.4, -0.2) is 55.5 Å². The summed E-state index contributed by atoms with van der Waals surface area (Å²) < 4.78 is 0. The molecule has 1 aromatic carbocycles. The predicted octanol–water partition coefficient (Wildman–Crippen LogP) is 3.37. The van der Waals surface area contributed by atoms with Crippen molar-refractivity contribution in [3.8, 4) is 0 Å². The van der Waals surface area contributed by atoms with E-state index in [-0.39, 0.29) is 36.8 Å². The predicted molar refractivity (Wildman–Crippen MR) is 110 cm³/mol. The van der Waals surface area contributed by atoms with Gasteiger partial charge in [0.1, 0.15) is 6.04 Å². The summed E-state index contributed by atoms with van der Waals surface area (Å²) in [6, 6.07) is 10.1. The summed E-state index contributed by atoms with van der Waals surface area (Å²) in [7, 11) is 1.99. The minimum absolute atomic E-state index is 0. The van der Waals surface area contributed by atoms with Crippen LogP contribution in [0.3, 0.4) is 0 Å². The van der Waals surface area contributed by atoms with E-state index in [1.165, 1.54) is 6.42 Å². The fourth-order valence-electron chi connectivity index (χ4n) is 3.63. The first kappa shape index (κ1) is 24.2. The van der Waals surface area contributed by atoms with Crippen LogP contribution in [0.1, 0.15) is 38.3 Å². The smallest absolute Gasteiger partial charge is 0.244 e. The number of rotatable bonds is 7. The Bertz CT molecular complexity index is 481. The van der Waals surface area contributed by atoms with Gasteiger partial charge in [-0.1, -0.05) is 44.2 Å². The van der Waals surface area contributed by atoms with Crippen molar-refractivity contribution < 1.29 is 4.79 Å². The van der Waals surface area contributed by atoms with E-state index in [0.29, 0.717) is 5.92 Å². The van der Waals surface area contributed by atoms with Crippen LogP contribution in [0.4, 0.5) is 0 Å². The van der Waals surface area contributed by atoms with Crippen LogP contribution < -0.4 is 5.32 Å². The van der Waals surface area contributed by atoms with Crippen molar-refractivity contribution in [1.82, 2.24) is 15.1 Å². The lowest BCUT2D eigenvalue weighted by molar-refractivity contribution is -0.139. The van der Waals surface area contributed by atoms with E-state index < -0.39 is 0 Å². The fourth-order valence-corrected chi connectivity index (χ4v) is 3.63. The van der Waals surface area contributed by atoms with Gasteiger partial charge in [-0.15, -0.1) is 24.8 Å². The van der Waals surface area contributed by atoms with Crippen LogP contribution in [0.2, 0.25) is 0 Å². The zero-order chi connectivity index (χ0) is 16.7. The van der Waals surface area contributed by atoms with Crippen LogP contribution in [0, 0.1) is 5.92 Å². The maximum absolute atomic E-state index is 13.3. The van der Waals surface area contributed by atoms with Gasteiger partial charge in [0.25, 0.3) is 0 Å². The first-order valence-corrected chi connectivity index (χ1v) is 8.93. The summed E-state index contributed by atoms with van der Waals surface area (Å²) in [5.41, 5.74) is 1.11. The molecule has 1 aromatic rings. The molecule has 1 amide bonds. The number of hydrogen-bond donors (Lipinski definition) is 1. The fraction of sp³-hybridized carbons (Fsp3) is 0.632. The Morgan fingerprint density at radius 2 is 1.88 bits per heavy atom. The van der Waals surface area contributed by atoms with E-state index in [1.807, 2.05) is 25.2 Å². The highest BCUT2D eigenvalue weighted by atomic mass is 35.5. The molecule has 25 heavy (non-hydrogen) atoms. The minimum atomic E-state index is -0.153. The maximum atomic E-state index is 13.3. The normalized spacial score (nSPS) is 18.2. The van der Waals surface area contributed by atoms with Crippen molar-refractivity contribution in [3.05, 3.63) is 35.9 Å². The standard InChI is InChI=1S/C19H31N3O.2ClH/c1-4-21(5-2)18(17-11-7-6-8-12-17)19(23)22-13-9-10-16(15-22)14-20-3;;/h6-8,11-12,16,18,20H,4-5,9-10,13-15H2,1-3H3;2*1H. The van der Waals surface area contributed by atoms with Crippen LogP contribution in [0.25, 0.3) is 0 Å². The van der Waals surface area contributed by atoms with Crippen LogP contribution in [0.15, 0.2) is 30.3 Å². The van der Waals surface area contributed by atoms with Gasteiger partial charge in [0.05, 0.1) is 0 Å². The highest BCUT2D eigenvalue weighted by Crippen LogP contribution is 2.26. The summed E-state index contributed by atoms with van der Waals surface area (Å²) in [4.78, 5) is 17.6. The molecule has 0 radical (unpaired) electrons. The summed E-state index contributed by atoms with van der Waals surface area (Å²) in [6.45, 7) is 8.80. The molecule has 1 N–H and O–H groups in total. The van der Waals surface area contributed by atoms with Gasteiger partial charge in [-0.2, -0.15) is 0 Å². The molecule has 1 aliphatic rings. The number of carbonyl (C=O) groups is 1. The minimum Gasteiger partial charge on any atom is -0.341 e. The Balaban J connectivity index is 0.00000288. The zero-order valence-corrected chi connectivity index (χ0v) is 17.2. The third-order valence-electron chi connectivity index (χ3n) is 4.85. The largest absolute Gasteiger partial charge is 0.341 e. The first-order valence-electron chi connectivity index (χ1n) is 8.93. The monoisotopic (exact) mass is 389 g/mol. The Morgan fingerprint density at radius 1 is 1.24 bits per heavy atom. The molecule has 4 nitrogen and oxygen atoms in total. The topological polar surface area (TPSA) is 35.6 Å². The van der Waals surface area contributed by atoms with Crippen molar-refractivity contribution >= 4 is 30.7 Å². The molecule has 0 aliphatic carbocycles. The molecule has 6 heteroatoms. The molecule has 0 bridgehead atoms. The molecular formula is C19H33Cl2N3O. The highest BCUT2D eigenvalue weighted by Gasteiger charge is 2.32. The van der Waals surface area contributed by atoms with E-state index >= 15 is 0 Å². The summed E-state index contributed by atoms with van der Waals surface area (Å²) in [6.07, 6.45) is 2.32. The van der Waals surface area contributed by atoms with Crippen LogP contribution >= 0.6 is 24.8 Å². The number of carbonyl (C=O) groups excluding carboxylic acids is 1. The molecule has 1 saturated heterocycles. The molecule has 1 heterocycles. The molecule has 0 aromatic heterocycles. The third-order valence-corrected chi connectivity index (χ3v) is 4.85. The lowest BCUT2D eigenvalue weighted by Gasteiger charge is -2.38. The van der Waals surface area contributed by atoms with Gasteiger partial charge < -0.3 is 10.2 Å². The number of piperidine rings is 1. The van der Waals surface area contributed by atoms with Crippen molar-refractivity contribution in [3.63, 3.8) is 0 Å². The number of likely N-dealkylation sites (N-methyl/N-ethyl adjacent to an activating group) is 1. The number of hydrogen-bond acceptors (Lipinski definition) is 3. The number of nitrogens with zero attached hydrogens (tertiary/aromatic N) is 2. The highest BCUT2D eigenvalue weighted by molar-refractivity contribution is 5.85. The van der Waals surface area contributed by atoms with E-state index in [0.717, 1.165) is 44.7 Å². The number of benzene rings is 1. The zero-order valence-electron chi connectivity index (χ0n) is 15.6. The summed E-state index contributed by atoms with van der Waals surface area (Å²) >= 11 is 0. The van der Waals surface area contributed by atoms with E-state index in [2.05, 4.69) is 41.1 Å². The van der Waals surface area contributed by atoms with Gasteiger partial charge in [-0.25, -0.2) is 0 Å².